The molecule has 1 fully saturated rings. The average molecular weight is 224 g/mol. The van der Waals surface area contributed by atoms with Crippen LogP contribution < -0.4 is 5.32 Å². The van der Waals surface area contributed by atoms with Gasteiger partial charge in [-0.05, 0) is 30.7 Å². The summed E-state index contributed by atoms with van der Waals surface area (Å²) in [7, 11) is 2.07. The van der Waals surface area contributed by atoms with Gasteiger partial charge in [0.05, 0.1) is 0 Å². The molecule has 1 aromatic heterocycles. The minimum Gasteiger partial charge on any atom is -0.357 e. The Morgan fingerprint density at radius 2 is 2.33 bits per heavy atom. The van der Waals surface area contributed by atoms with Crippen molar-refractivity contribution in [3.05, 3.63) is 24.0 Å². The van der Waals surface area contributed by atoms with Crippen LogP contribution in [0.5, 0.6) is 0 Å². The molecule has 0 amide bonds. The Morgan fingerprint density at radius 1 is 1.53 bits per heavy atom. The van der Waals surface area contributed by atoms with E-state index < -0.39 is 0 Å². The first-order valence-corrected chi connectivity index (χ1v) is 6.83. The maximum Gasteiger partial charge on any atom is 0.0281 e. The molecule has 2 nitrogen and oxygen atoms in total. The summed E-state index contributed by atoms with van der Waals surface area (Å²) in [5.74, 6) is 0. The van der Waals surface area contributed by atoms with E-state index in [1.165, 1.54) is 24.8 Å². The van der Waals surface area contributed by atoms with Crippen LogP contribution in [0.15, 0.2) is 18.5 Å². The van der Waals surface area contributed by atoms with Crippen molar-refractivity contribution >= 4 is 11.8 Å². The molecule has 3 heteroatoms. The van der Waals surface area contributed by atoms with Gasteiger partial charge < -0.3 is 9.88 Å². The molecule has 0 atom stereocenters. The molecule has 0 unspecified atom stereocenters. The molecule has 84 valence electrons. The molecule has 1 heterocycles. The number of hydrogen-bond acceptors (Lipinski definition) is 2. The summed E-state index contributed by atoms with van der Waals surface area (Å²) in [5, 5.41) is 3.57. The van der Waals surface area contributed by atoms with E-state index >= 15 is 0 Å². The minimum atomic E-state index is 0.550. The molecule has 0 saturated heterocycles. The Morgan fingerprint density at radius 3 is 2.80 bits per heavy atom. The normalized spacial score (nSPS) is 18.8. The van der Waals surface area contributed by atoms with Gasteiger partial charge in [-0.1, -0.05) is 6.42 Å². The molecule has 0 aliphatic heterocycles. The predicted molar refractivity (Wildman–Crippen MR) is 67.2 cm³/mol. The number of nitrogens with one attached hydrogen (secondary N) is 1. The van der Waals surface area contributed by atoms with Crippen molar-refractivity contribution in [1.82, 2.24) is 9.88 Å². The summed E-state index contributed by atoms with van der Waals surface area (Å²) < 4.78 is 2.65. The van der Waals surface area contributed by atoms with Gasteiger partial charge in [-0.2, -0.15) is 11.8 Å². The molecule has 1 saturated carbocycles. The zero-order valence-corrected chi connectivity index (χ0v) is 10.4. The zero-order chi connectivity index (χ0) is 10.7. The second-order valence-corrected chi connectivity index (χ2v) is 5.80. The Labute approximate surface area is 96.4 Å². The first-order chi connectivity index (χ1) is 7.24. The van der Waals surface area contributed by atoms with Crippen LogP contribution >= 0.6 is 11.8 Å². The summed E-state index contributed by atoms with van der Waals surface area (Å²) >= 11 is 2.03. The third-order valence-corrected chi connectivity index (χ3v) is 4.79. The fourth-order valence-corrected chi connectivity index (χ4v) is 3.07. The third-order valence-electron chi connectivity index (χ3n) is 3.37. The summed E-state index contributed by atoms with van der Waals surface area (Å²) in [6.45, 7) is 2.16. The largest absolute Gasteiger partial charge is 0.357 e. The Balaban J connectivity index is 1.74. The quantitative estimate of drug-likeness (QED) is 0.827. The van der Waals surface area contributed by atoms with Crippen molar-refractivity contribution in [2.75, 3.05) is 12.8 Å². The number of thioether (sulfide) groups is 1. The van der Waals surface area contributed by atoms with E-state index in [-0.39, 0.29) is 0 Å². The smallest absolute Gasteiger partial charge is 0.0281 e. The third kappa shape index (κ3) is 2.58. The molecule has 1 aromatic rings. The summed E-state index contributed by atoms with van der Waals surface area (Å²) in [4.78, 5) is 0. The minimum absolute atomic E-state index is 0.550. The van der Waals surface area contributed by atoms with Crippen LogP contribution in [-0.2, 0) is 13.6 Å². The van der Waals surface area contributed by atoms with E-state index in [0.717, 1.165) is 13.1 Å². The number of nitrogens with zero attached hydrogens (tertiary/aromatic N) is 1. The Hall–Kier alpha value is -0.410. The van der Waals surface area contributed by atoms with Crippen LogP contribution in [0.2, 0.25) is 0 Å². The second kappa shape index (κ2) is 4.62. The van der Waals surface area contributed by atoms with Crippen LogP contribution in [-0.4, -0.2) is 22.1 Å². The maximum absolute atomic E-state index is 3.57. The van der Waals surface area contributed by atoms with Gasteiger partial charge in [0.1, 0.15) is 0 Å². The topological polar surface area (TPSA) is 17.0 Å². The highest BCUT2D eigenvalue weighted by molar-refractivity contribution is 8.00. The molecule has 0 aromatic carbocycles. The lowest BCUT2D eigenvalue weighted by atomic mass is 9.84. The molecule has 0 radical (unpaired) electrons. The van der Waals surface area contributed by atoms with Gasteiger partial charge in [0.2, 0.25) is 0 Å². The highest BCUT2D eigenvalue weighted by Crippen LogP contribution is 2.42. The monoisotopic (exact) mass is 224 g/mol. The van der Waals surface area contributed by atoms with Gasteiger partial charge in [0.15, 0.2) is 0 Å². The fourth-order valence-electron chi connectivity index (χ4n) is 2.12. The van der Waals surface area contributed by atoms with Crippen molar-refractivity contribution in [2.24, 2.45) is 7.05 Å². The van der Waals surface area contributed by atoms with E-state index in [1.807, 2.05) is 11.8 Å². The van der Waals surface area contributed by atoms with Crippen LogP contribution in [0.4, 0.5) is 0 Å². The van der Waals surface area contributed by atoms with E-state index in [0.29, 0.717) is 4.75 Å². The van der Waals surface area contributed by atoms with Crippen molar-refractivity contribution in [2.45, 2.75) is 30.6 Å². The van der Waals surface area contributed by atoms with Gasteiger partial charge in [-0.15, -0.1) is 0 Å². The summed E-state index contributed by atoms with van der Waals surface area (Å²) in [6.07, 6.45) is 10.7. The van der Waals surface area contributed by atoms with Gasteiger partial charge >= 0.3 is 0 Å². The lowest BCUT2D eigenvalue weighted by Crippen LogP contribution is -2.43. The Bertz CT molecular complexity index is 310. The zero-order valence-electron chi connectivity index (χ0n) is 9.62. The number of rotatable bonds is 5. The molecule has 0 spiro atoms. The van der Waals surface area contributed by atoms with Gasteiger partial charge in [-0.3, -0.25) is 0 Å². The molecular formula is C12H20N2S. The van der Waals surface area contributed by atoms with Crippen molar-refractivity contribution < 1.29 is 0 Å². The second-order valence-electron chi connectivity index (χ2n) is 4.53. The van der Waals surface area contributed by atoms with Crippen LogP contribution in [0.3, 0.4) is 0 Å². The van der Waals surface area contributed by atoms with Crippen molar-refractivity contribution in [3.63, 3.8) is 0 Å². The molecule has 1 aliphatic rings. The van der Waals surface area contributed by atoms with Crippen molar-refractivity contribution in [3.8, 4) is 0 Å². The summed E-state index contributed by atoms with van der Waals surface area (Å²) in [6, 6.07) is 2.18. The number of aryl methyl sites for hydroxylation is 1. The van der Waals surface area contributed by atoms with Gasteiger partial charge in [0.25, 0.3) is 0 Å². The first kappa shape index (κ1) is 11.1. The molecule has 2 rings (SSSR count). The number of aromatic nitrogens is 1. The molecule has 1 aliphatic carbocycles. The highest BCUT2D eigenvalue weighted by Gasteiger charge is 2.35. The van der Waals surface area contributed by atoms with E-state index in [2.05, 4.69) is 41.6 Å². The average Bonchev–Trinajstić information content (AvgIpc) is 2.56. The van der Waals surface area contributed by atoms with Gasteiger partial charge in [-0.25, -0.2) is 0 Å². The molecule has 15 heavy (non-hydrogen) atoms. The van der Waals surface area contributed by atoms with Crippen molar-refractivity contribution in [1.29, 1.82) is 0 Å². The predicted octanol–water partition coefficient (Wildman–Crippen LogP) is 2.40. The lowest BCUT2D eigenvalue weighted by molar-refractivity contribution is 0.345. The van der Waals surface area contributed by atoms with Crippen LogP contribution in [0.1, 0.15) is 24.8 Å². The SMILES string of the molecule is CSC1(CNCc2ccn(C)c2)CCC1. The molecule has 1 N–H and O–H groups in total. The lowest BCUT2D eigenvalue weighted by Gasteiger charge is -2.40. The van der Waals surface area contributed by atoms with Crippen LogP contribution in [0.25, 0.3) is 0 Å². The van der Waals surface area contributed by atoms with Crippen LogP contribution in [0, 0.1) is 0 Å². The van der Waals surface area contributed by atoms with E-state index in [1.54, 1.807) is 0 Å². The first-order valence-electron chi connectivity index (χ1n) is 5.61. The standard InChI is InChI=1S/C12H20N2S/c1-14-7-4-11(9-14)8-13-10-12(15-2)5-3-6-12/h4,7,9,13H,3,5-6,8,10H2,1-2H3. The fraction of sp³-hybridized carbons (Fsp3) is 0.667. The highest BCUT2D eigenvalue weighted by atomic mass is 32.2. The van der Waals surface area contributed by atoms with Gasteiger partial charge in [0, 0.05) is 37.3 Å². The van der Waals surface area contributed by atoms with E-state index in [4.69, 9.17) is 0 Å². The maximum atomic E-state index is 3.57. The molecule has 0 bridgehead atoms. The summed E-state index contributed by atoms with van der Waals surface area (Å²) in [5.41, 5.74) is 1.38. The number of hydrogen-bond donors (Lipinski definition) is 1. The molecular weight excluding hydrogens is 204 g/mol. The van der Waals surface area contributed by atoms with E-state index in [9.17, 15) is 0 Å². The Kier molecular flexibility index (Phi) is 3.42.